The van der Waals surface area contributed by atoms with Gasteiger partial charge in [0, 0.05) is 12.3 Å². The number of hydrogen-bond donors (Lipinski definition) is 0. The van der Waals surface area contributed by atoms with Gasteiger partial charge in [0.15, 0.2) is 0 Å². The van der Waals surface area contributed by atoms with Gasteiger partial charge in [0.05, 0.1) is 19.1 Å². The van der Waals surface area contributed by atoms with E-state index in [4.69, 9.17) is 9.47 Å². The first-order valence-corrected chi connectivity index (χ1v) is 6.27. The van der Waals surface area contributed by atoms with Crippen LogP contribution in [-0.2, 0) is 19.1 Å². The molecule has 1 saturated carbocycles. The standard InChI is InChI=1S/C13H22O4/c1-5-7-16-12(15)11-9(13(11,3)4)8-17-10(14)6-2/h9,11H,5-8H2,1-4H3. The van der Waals surface area contributed by atoms with Crippen molar-refractivity contribution in [2.24, 2.45) is 17.3 Å². The average molecular weight is 242 g/mol. The molecule has 0 radical (unpaired) electrons. The summed E-state index contributed by atoms with van der Waals surface area (Å²) >= 11 is 0. The lowest BCUT2D eigenvalue weighted by Crippen LogP contribution is -2.12. The molecule has 0 aromatic heterocycles. The largest absolute Gasteiger partial charge is 0.465 e. The van der Waals surface area contributed by atoms with Crippen molar-refractivity contribution in [3.05, 3.63) is 0 Å². The molecule has 1 rings (SSSR count). The summed E-state index contributed by atoms with van der Waals surface area (Å²) in [6, 6.07) is 0. The summed E-state index contributed by atoms with van der Waals surface area (Å²) < 4.78 is 10.2. The van der Waals surface area contributed by atoms with Crippen LogP contribution in [0.15, 0.2) is 0 Å². The van der Waals surface area contributed by atoms with Gasteiger partial charge in [0.1, 0.15) is 0 Å². The van der Waals surface area contributed by atoms with Gasteiger partial charge >= 0.3 is 11.9 Å². The van der Waals surface area contributed by atoms with Gasteiger partial charge in [0.2, 0.25) is 0 Å². The molecule has 0 N–H and O–H groups in total. The quantitative estimate of drug-likeness (QED) is 0.670. The Morgan fingerprint density at radius 3 is 2.35 bits per heavy atom. The lowest BCUT2D eigenvalue weighted by atomic mass is 10.1. The van der Waals surface area contributed by atoms with Crippen LogP contribution in [0.25, 0.3) is 0 Å². The molecular weight excluding hydrogens is 220 g/mol. The van der Waals surface area contributed by atoms with Crippen molar-refractivity contribution in [3.63, 3.8) is 0 Å². The number of ether oxygens (including phenoxy) is 2. The predicted octanol–water partition coefficient (Wildman–Crippen LogP) is 2.17. The number of hydrogen-bond acceptors (Lipinski definition) is 4. The zero-order valence-electron chi connectivity index (χ0n) is 11.1. The van der Waals surface area contributed by atoms with Crippen LogP contribution in [0.5, 0.6) is 0 Å². The van der Waals surface area contributed by atoms with Crippen molar-refractivity contribution in [2.75, 3.05) is 13.2 Å². The average Bonchev–Trinajstić information content (AvgIpc) is 2.84. The first kappa shape index (κ1) is 14.0. The summed E-state index contributed by atoms with van der Waals surface area (Å²) in [5, 5.41) is 0. The monoisotopic (exact) mass is 242 g/mol. The van der Waals surface area contributed by atoms with Gasteiger partial charge in [-0.25, -0.2) is 0 Å². The van der Waals surface area contributed by atoms with Crippen LogP contribution in [0.4, 0.5) is 0 Å². The van der Waals surface area contributed by atoms with Crippen LogP contribution in [0, 0.1) is 17.3 Å². The van der Waals surface area contributed by atoms with Crippen LogP contribution in [0.2, 0.25) is 0 Å². The van der Waals surface area contributed by atoms with E-state index >= 15 is 0 Å². The van der Waals surface area contributed by atoms with E-state index in [0.717, 1.165) is 6.42 Å². The van der Waals surface area contributed by atoms with Crippen molar-refractivity contribution in [1.82, 2.24) is 0 Å². The zero-order valence-corrected chi connectivity index (χ0v) is 11.1. The van der Waals surface area contributed by atoms with E-state index in [9.17, 15) is 9.59 Å². The number of carbonyl (C=O) groups is 2. The van der Waals surface area contributed by atoms with Crippen molar-refractivity contribution in [2.45, 2.75) is 40.5 Å². The van der Waals surface area contributed by atoms with Gasteiger partial charge in [-0.15, -0.1) is 0 Å². The van der Waals surface area contributed by atoms with E-state index in [1.165, 1.54) is 0 Å². The molecule has 0 heterocycles. The van der Waals surface area contributed by atoms with Crippen molar-refractivity contribution < 1.29 is 19.1 Å². The third-order valence-electron chi connectivity index (χ3n) is 3.47. The number of rotatable bonds is 6. The lowest BCUT2D eigenvalue weighted by Gasteiger charge is -2.03. The third-order valence-corrected chi connectivity index (χ3v) is 3.47. The maximum Gasteiger partial charge on any atom is 0.309 e. The molecule has 0 saturated heterocycles. The Hall–Kier alpha value is -1.06. The fourth-order valence-electron chi connectivity index (χ4n) is 2.10. The lowest BCUT2D eigenvalue weighted by molar-refractivity contribution is -0.148. The van der Waals surface area contributed by atoms with Gasteiger partial charge < -0.3 is 9.47 Å². The second-order valence-corrected chi connectivity index (χ2v) is 5.11. The summed E-state index contributed by atoms with van der Waals surface area (Å²) in [5.74, 6) is -0.399. The molecule has 98 valence electrons. The van der Waals surface area contributed by atoms with E-state index in [2.05, 4.69) is 0 Å². The molecule has 0 aromatic rings. The highest BCUT2D eigenvalue weighted by atomic mass is 16.5. The fourth-order valence-corrected chi connectivity index (χ4v) is 2.10. The number of carbonyl (C=O) groups excluding carboxylic acids is 2. The van der Waals surface area contributed by atoms with Gasteiger partial charge in [-0.2, -0.15) is 0 Å². The molecule has 4 heteroatoms. The summed E-state index contributed by atoms with van der Waals surface area (Å²) in [6.07, 6.45) is 1.20. The van der Waals surface area contributed by atoms with Crippen molar-refractivity contribution in [3.8, 4) is 0 Å². The van der Waals surface area contributed by atoms with E-state index in [-0.39, 0.29) is 29.2 Å². The summed E-state index contributed by atoms with van der Waals surface area (Å²) in [5.41, 5.74) is -0.112. The molecule has 1 aliphatic rings. The minimum absolute atomic E-state index is 0.0994. The smallest absolute Gasteiger partial charge is 0.309 e. The van der Waals surface area contributed by atoms with Gasteiger partial charge in [-0.05, 0) is 11.8 Å². The summed E-state index contributed by atoms with van der Waals surface area (Å²) in [6.45, 7) is 8.53. The van der Waals surface area contributed by atoms with E-state index in [0.29, 0.717) is 19.6 Å². The Morgan fingerprint density at radius 1 is 1.18 bits per heavy atom. The van der Waals surface area contributed by atoms with Crippen LogP contribution in [-0.4, -0.2) is 25.2 Å². The van der Waals surface area contributed by atoms with Gasteiger partial charge in [0.25, 0.3) is 0 Å². The Labute approximate surface area is 103 Å². The molecule has 0 spiro atoms. The number of esters is 2. The zero-order chi connectivity index (χ0) is 13.1. The van der Waals surface area contributed by atoms with Crippen LogP contribution in [0.3, 0.4) is 0 Å². The predicted molar refractivity (Wildman–Crippen MR) is 63.3 cm³/mol. The first-order chi connectivity index (χ1) is 7.95. The van der Waals surface area contributed by atoms with Gasteiger partial charge in [-0.1, -0.05) is 27.7 Å². The minimum atomic E-state index is -0.214. The highest BCUT2D eigenvalue weighted by molar-refractivity contribution is 5.77. The molecule has 0 aromatic carbocycles. The SMILES string of the molecule is CCCOC(=O)C1C(COC(=O)CC)C1(C)C. The van der Waals surface area contributed by atoms with Crippen LogP contribution >= 0.6 is 0 Å². The van der Waals surface area contributed by atoms with Crippen LogP contribution < -0.4 is 0 Å². The normalized spacial score (nSPS) is 25.2. The molecule has 1 fully saturated rings. The van der Waals surface area contributed by atoms with Crippen LogP contribution in [0.1, 0.15) is 40.5 Å². The molecule has 0 bridgehead atoms. The molecule has 4 nitrogen and oxygen atoms in total. The van der Waals surface area contributed by atoms with E-state index in [1.54, 1.807) is 6.92 Å². The molecule has 0 amide bonds. The Bertz CT molecular complexity index is 296. The summed E-state index contributed by atoms with van der Waals surface area (Å²) in [4.78, 5) is 22.8. The highest BCUT2D eigenvalue weighted by Crippen LogP contribution is 2.58. The highest BCUT2D eigenvalue weighted by Gasteiger charge is 2.63. The van der Waals surface area contributed by atoms with E-state index in [1.807, 2.05) is 20.8 Å². The molecule has 2 atom stereocenters. The minimum Gasteiger partial charge on any atom is -0.465 e. The molecular formula is C13H22O4. The molecule has 17 heavy (non-hydrogen) atoms. The van der Waals surface area contributed by atoms with Crippen molar-refractivity contribution >= 4 is 11.9 Å². The Kier molecular flexibility index (Phi) is 4.54. The first-order valence-electron chi connectivity index (χ1n) is 6.27. The molecule has 2 unspecified atom stereocenters. The van der Waals surface area contributed by atoms with E-state index < -0.39 is 0 Å². The molecule has 0 aliphatic heterocycles. The molecule has 1 aliphatic carbocycles. The van der Waals surface area contributed by atoms with Crippen molar-refractivity contribution in [1.29, 1.82) is 0 Å². The Morgan fingerprint density at radius 2 is 1.82 bits per heavy atom. The summed E-state index contributed by atoms with van der Waals surface area (Å²) in [7, 11) is 0. The fraction of sp³-hybridized carbons (Fsp3) is 0.846. The van der Waals surface area contributed by atoms with Gasteiger partial charge in [-0.3, -0.25) is 9.59 Å². The second kappa shape index (κ2) is 5.52. The maximum absolute atomic E-state index is 11.7. The topological polar surface area (TPSA) is 52.6 Å². The second-order valence-electron chi connectivity index (χ2n) is 5.11. The Balaban J connectivity index is 2.42. The maximum atomic E-state index is 11.7. The third kappa shape index (κ3) is 3.20.